The number of nitrogens with one attached hydrogen (secondary N) is 2. The van der Waals surface area contributed by atoms with Crippen molar-refractivity contribution in [3.8, 4) is 0 Å². The van der Waals surface area contributed by atoms with E-state index in [1.807, 2.05) is 12.1 Å². The van der Waals surface area contributed by atoms with Gasteiger partial charge in [-0.3, -0.25) is 4.79 Å². The van der Waals surface area contributed by atoms with E-state index in [0.29, 0.717) is 0 Å². The van der Waals surface area contributed by atoms with Crippen LogP contribution in [0.4, 0.5) is 11.5 Å². The van der Waals surface area contributed by atoms with Gasteiger partial charge in [0, 0.05) is 25.2 Å². The molecule has 2 fully saturated rings. The molecule has 1 aromatic rings. The molecule has 1 amide bonds. The Kier molecular flexibility index (Phi) is 4.16. The number of rotatable bonds is 3. The van der Waals surface area contributed by atoms with Gasteiger partial charge >= 0.3 is 0 Å². The lowest BCUT2D eigenvalue weighted by Gasteiger charge is -2.24. The van der Waals surface area contributed by atoms with E-state index in [1.165, 1.54) is 12.8 Å². The summed E-state index contributed by atoms with van der Waals surface area (Å²) in [5, 5.41) is 6.38. The van der Waals surface area contributed by atoms with Gasteiger partial charge in [0.1, 0.15) is 0 Å². The van der Waals surface area contributed by atoms with Gasteiger partial charge in [-0.05, 0) is 50.9 Å². The molecule has 0 bridgehead atoms. The third-order valence-electron chi connectivity index (χ3n) is 4.16. The zero-order valence-corrected chi connectivity index (χ0v) is 11.8. The van der Waals surface area contributed by atoms with Gasteiger partial charge in [-0.15, -0.1) is 0 Å². The van der Waals surface area contributed by atoms with Crippen LogP contribution in [0.15, 0.2) is 18.3 Å². The molecule has 20 heavy (non-hydrogen) atoms. The van der Waals surface area contributed by atoms with Crippen LogP contribution in [0.25, 0.3) is 0 Å². The summed E-state index contributed by atoms with van der Waals surface area (Å²) in [5.74, 6) is 1.19. The molecule has 5 nitrogen and oxygen atoms in total. The van der Waals surface area contributed by atoms with Gasteiger partial charge in [-0.25, -0.2) is 4.98 Å². The van der Waals surface area contributed by atoms with Crippen molar-refractivity contribution in [2.75, 3.05) is 36.4 Å². The number of amides is 1. The van der Waals surface area contributed by atoms with Crippen LogP contribution in [0.5, 0.6) is 0 Å². The smallest absolute Gasteiger partial charge is 0.227 e. The van der Waals surface area contributed by atoms with E-state index < -0.39 is 0 Å². The minimum atomic E-state index is 0.128. The number of pyridine rings is 1. The highest BCUT2D eigenvalue weighted by Crippen LogP contribution is 2.27. The Bertz CT molecular complexity index is 465. The van der Waals surface area contributed by atoms with Crippen LogP contribution in [0.2, 0.25) is 0 Å². The van der Waals surface area contributed by atoms with Gasteiger partial charge in [0.25, 0.3) is 0 Å². The van der Waals surface area contributed by atoms with Crippen molar-refractivity contribution in [3.63, 3.8) is 0 Å². The Balaban J connectivity index is 1.71. The van der Waals surface area contributed by atoms with Crippen molar-refractivity contribution in [1.82, 2.24) is 10.3 Å². The summed E-state index contributed by atoms with van der Waals surface area (Å²) in [7, 11) is 0. The Hall–Kier alpha value is -1.62. The van der Waals surface area contributed by atoms with Crippen LogP contribution in [-0.4, -0.2) is 37.1 Å². The average molecular weight is 274 g/mol. The van der Waals surface area contributed by atoms with E-state index in [0.717, 1.165) is 50.5 Å². The summed E-state index contributed by atoms with van der Waals surface area (Å²) in [5.41, 5.74) is 0.859. The second-order valence-corrected chi connectivity index (χ2v) is 5.58. The highest BCUT2D eigenvalue weighted by molar-refractivity contribution is 5.95. The van der Waals surface area contributed by atoms with Gasteiger partial charge in [-0.2, -0.15) is 0 Å². The molecule has 2 aliphatic rings. The van der Waals surface area contributed by atoms with Crippen LogP contribution in [0, 0.1) is 5.92 Å². The maximum Gasteiger partial charge on any atom is 0.227 e. The molecule has 2 N–H and O–H groups in total. The fourth-order valence-electron chi connectivity index (χ4n) is 2.99. The number of nitrogens with zero attached hydrogens (tertiary/aromatic N) is 2. The van der Waals surface area contributed by atoms with Crippen LogP contribution >= 0.6 is 0 Å². The summed E-state index contributed by atoms with van der Waals surface area (Å²) >= 11 is 0. The number of anilines is 2. The van der Waals surface area contributed by atoms with Gasteiger partial charge in [0.15, 0.2) is 5.82 Å². The molecule has 0 saturated carbocycles. The van der Waals surface area contributed by atoms with E-state index in [1.54, 1.807) is 6.20 Å². The topological polar surface area (TPSA) is 57.3 Å². The Morgan fingerprint density at radius 2 is 2.05 bits per heavy atom. The van der Waals surface area contributed by atoms with Gasteiger partial charge < -0.3 is 15.5 Å². The van der Waals surface area contributed by atoms with Crippen molar-refractivity contribution in [3.05, 3.63) is 18.3 Å². The predicted octanol–water partition coefficient (Wildman–Crippen LogP) is 1.62. The van der Waals surface area contributed by atoms with Crippen LogP contribution in [0.1, 0.15) is 25.7 Å². The van der Waals surface area contributed by atoms with E-state index in [2.05, 4.69) is 20.5 Å². The summed E-state index contributed by atoms with van der Waals surface area (Å²) in [6.45, 7) is 3.94. The minimum Gasteiger partial charge on any atom is -0.355 e. The Morgan fingerprint density at radius 1 is 1.30 bits per heavy atom. The third kappa shape index (κ3) is 2.93. The van der Waals surface area contributed by atoms with E-state index >= 15 is 0 Å². The van der Waals surface area contributed by atoms with Crippen molar-refractivity contribution in [2.24, 2.45) is 5.92 Å². The van der Waals surface area contributed by atoms with Gasteiger partial charge in [0.05, 0.1) is 5.69 Å². The number of piperidine rings is 1. The first-order valence-corrected chi connectivity index (χ1v) is 7.56. The molecule has 0 aliphatic carbocycles. The molecule has 3 rings (SSSR count). The van der Waals surface area contributed by atoms with E-state index in [4.69, 9.17) is 0 Å². The molecule has 108 valence electrons. The lowest BCUT2D eigenvalue weighted by Crippen LogP contribution is -2.35. The first-order chi connectivity index (χ1) is 9.84. The summed E-state index contributed by atoms with van der Waals surface area (Å²) in [4.78, 5) is 19.1. The fourth-order valence-corrected chi connectivity index (χ4v) is 2.99. The maximum absolute atomic E-state index is 12.3. The summed E-state index contributed by atoms with van der Waals surface area (Å²) in [6, 6.07) is 3.84. The number of aromatic nitrogens is 1. The standard InChI is InChI=1S/C15H22N4O/c20-15(12-5-8-16-9-6-12)18-13-4-3-7-17-14(13)19-10-1-2-11-19/h3-4,7,12,16H,1-2,5-6,8-11H2,(H,18,20). The number of carbonyl (C=O) groups excluding carboxylic acids is 1. The van der Waals surface area contributed by atoms with Crippen molar-refractivity contribution >= 4 is 17.4 Å². The lowest BCUT2D eigenvalue weighted by molar-refractivity contribution is -0.120. The number of hydrogen-bond acceptors (Lipinski definition) is 4. The van der Waals surface area contributed by atoms with Gasteiger partial charge in [-0.1, -0.05) is 0 Å². The second kappa shape index (κ2) is 6.22. The van der Waals surface area contributed by atoms with Crippen LogP contribution in [-0.2, 0) is 4.79 Å². The van der Waals surface area contributed by atoms with Gasteiger partial charge in [0.2, 0.25) is 5.91 Å². The number of carbonyl (C=O) groups is 1. The van der Waals surface area contributed by atoms with Crippen LogP contribution < -0.4 is 15.5 Å². The third-order valence-corrected chi connectivity index (χ3v) is 4.16. The maximum atomic E-state index is 12.3. The Labute approximate surface area is 119 Å². The molecule has 0 spiro atoms. The van der Waals surface area contributed by atoms with Crippen molar-refractivity contribution in [2.45, 2.75) is 25.7 Å². The normalized spacial score (nSPS) is 20.1. The van der Waals surface area contributed by atoms with E-state index in [9.17, 15) is 4.79 Å². The SMILES string of the molecule is O=C(Nc1cccnc1N1CCCC1)C1CCNCC1. The highest BCUT2D eigenvalue weighted by atomic mass is 16.1. The zero-order chi connectivity index (χ0) is 13.8. The minimum absolute atomic E-state index is 0.128. The summed E-state index contributed by atoms with van der Waals surface area (Å²) < 4.78 is 0. The fraction of sp³-hybridized carbons (Fsp3) is 0.600. The molecular formula is C15H22N4O. The molecular weight excluding hydrogens is 252 g/mol. The Morgan fingerprint density at radius 3 is 2.80 bits per heavy atom. The average Bonchev–Trinajstić information content (AvgIpc) is 3.03. The monoisotopic (exact) mass is 274 g/mol. The molecule has 3 heterocycles. The zero-order valence-electron chi connectivity index (χ0n) is 11.8. The summed E-state index contributed by atoms with van der Waals surface area (Å²) in [6.07, 6.45) is 6.06. The van der Waals surface area contributed by atoms with E-state index in [-0.39, 0.29) is 11.8 Å². The lowest BCUT2D eigenvalue weighted by atomic mass is 9.97. The molecule has 2 aliphatic heterocycles. The molecule has 1 aromatic heterocycles. The highest BCUT2D eigenvalue weighted by Gasteiger charge is 2.23. The largest absolute Gasteiger partial charge is 0.355 e. The first-order valence-electron chi connectivity index (χ1n) is 7.56. The van der Waals surface area contributed by atoms with Crippen molar-refractivity contribution < 1.29 is 4.79 Å². The molecule has 5 heteroatoms. The molecule has 0 aromatic carbocycles. The van der Waals surface area contributed by atoms with Crippen molar-refractivity contribution in [1.29, 1.82) is 0 Å². The first kappa shape index (κ1) is 13.4. The molecule has 0 unspecified atom stereocenters. The molecule has 0 atom stereocenters. The molecule has 0 radical (unpaired) electrons. The predicted molar refractivity (Wildman–Crippen MR) is 79.9 cm³/mol. The molecule has 2 saturated heterocycles. The van der Waals surface area contributed by atoms with Crippen LogP contribution in [0.3, 0.4) is 0 Å². The quantitative estimate of drug-likeness (QED) is 0.879. The second-order valence-electron chi connectivity index (χ2n) is 5.58. The number of hydrogen-bond donors (Lipinski definition) is 2.